The van der Waals surface area contributed by atoms with Gasteiger partial charge in [-0.2, -0.15) is 0 Å². The number of nitro groups is 1. The van der Waals surface area contributed by atoms with Crippen LogP contribution < -0.4 is 14.7 Å². The Morgan fingerprint density at radius 1 is 0.825 bits per heavy atom. The highest BCUT2D eigenvalue weighted by Gasteiger charge is 2.41. The average molecular weight is 556 g/mol. The Labute approximate surface area is 238 Å². The number of likely N-dealkylation sites (N-methyl/N-ethyl adjacent to an activating group) is 1. The van der Waals surface area contributed by atoms with Crippen LogP contribution in [-0.4, -0.2) is 60.0 Å². The lowest BCUT2D eigenvalue weighted by atomic mass is 10.0. The molecular weight excluding hydrogens is 526 g/mol. The van der Waals surface area contributed by atoms with E-state index in [-0.39, 0.29) is 16.4 Å². The van der Waals surface area contributed by atoms with Gasteiger partial charge in [0, 0.05) is 49.6 Å². The molecule has 2 amide bonds. The number of carbonyl (C=O) groups excluding carboxylic acids is 2. The number of hydrogen-bond donors (Lipinski definition) is 0. The second-order valence-electron chi connectivity index (χ2n) is 10.0. The average Bonchev–Trinajstić information content (AvgIpc) is 2.94. The van der Waals surface area contributed by atoms with Gasteiger partial charge < -0.3 is 9.80 Å². The minimum atomic E-state index is -0.586. The number of non-ortho nitro benzene ring substituents is 1. The van der Waals surface area contributed by atoms with E-state index in [1.807, 2.05) is 39.1 Å². The van der Waals surface area contributed by atoms with E-state index in [0.717, 1.165) is 29.9 Å². The van der Waals surface area contributed by atoms with Crippen molar-refractivity contribution in [2.45, 2.75) is 13.8 Å². The number of rotatable bonds is 5. The maximum atomic E-state index is 14.0. The number of anilines is 3. The summed E-state index contributed by atoms with van der Waals surface area (Å²) in [6, 6.07) is 19.0. The predicted octanol–water partition coefficient (Wildman–Crippen LogP) is 4.71. The fraction of sp³-hybridized carbons (Fsp3) is 0.233. The van der Waals surface area contributed by atoms with Gasteiger partial charge in [0.2, 0.25) is 0 Å². The first-order valence-corrected chi connectivity index (χ1v) is 13.4. The fourth-order valence-electron chi connectivity index (χ4n) is 4.89. The molecule has 0 saturated carbocycles. The van der Waals surface area contributed by atoms with Crippen LogP contribution in [-0.2, 0) is 9.59 Å². The third-order valence-electron chi connectivity index (χ3n) is 7.38. The SMILES string of the molecule is Cc1ccc(N2C(=O)/C(=C\c3cc([N+](=O)[O-])ccc3N3CCN(C)CC3)C(=O)N(c3ccccc3)C2=S)cc1C. The van der Waals surface area contributed by atoms with E-state index in [1.54, 1.807) is 36.4 Å². The van der Waals surface area contributed by atoms with Crippen LogP contribution in [0.4, 0.5) is 22.7 Å². The van der Waals surface area contributed by atoms with Gasteiger partial charge in [0.05, 0.1) is 16.3 Å². The van der Waals surface area contributed by atoms with Crippen LogP contribution in [0, 0.1) is 24.0 Å². The molecule has 2 saturated heterocycles. The lowest BCUT2D eigenvalue weighted by Gasteiger charge is -2.37. The Morgan fingerprint density at radius 3 is 2.10 bits per heavy atom. The number of amides is 2. The van der Waals surface area contributed by atoms with Crippen molar-refractivity contribution < 1.29 is 14.5 Å². The Balaban J connectivity index is 1.68. The van der Waals surface area contributed by atoms with E-state index in [1.165, 1.54) is 28.0 Å². The number of thiocarbonyl (C=S) groups is 1. The van der Waals surface area contributed by atoms with Crippen molar-refractivity contribution in [1.29, 1.82) is 0 Å². The summed E-state index contributed by atoms with van der Waals surface area (Å²) in [5.74, 6) is -1.17. The van der Waals surface area contributed by atoms with Gasteiger partial charge in [0.25, 0.3) is 17.5 Å². The van der Waals surface area contributed by atoms with Gasteiger partial charge in [0.1, 0.15) is 5.57 Å². The standard InChI is InChI=1S/C30H29N5O4S/c1-20-9-10-24(17-21(20)2)34-29(37)26(28(36)33(30(34)40)23-7-5-4-6-8-23)19-22-18-25(35(38)39)11-12-27(22)32-15-13-31(3)14-16-32/h4-12,17-19H,13-16H2,1-3H3/b26-19-. The molecule has 3 aromatic rings. The van der Waals surface area contributed by atoms with Crippen LogP contribution in [0.3, 0.4) is 0 Å². The number of para-hydroxylation sites is 1. The molecule has 2 fully saturated rings. The van der Waals surface area contributed by atoms with Crippen molar-refractivity contribution in [3.63, 3.8) is 0 Å². The number of aryl methyl sites for hydroxylation is 2. The Hall–Kier alpha value is -4.41. The summed E-state index contributed by atoms with van der Waals surface area (Å²) in [5.41, 5.74) is 3.98. The number of hydrogen-bond acceptors (Lipinski definition) is 7. The van der Waals surface area contributed by atoms with Crippen LogP contribution in [0.5, 0.6) is 0 Å². The first-order valence-electron chi connectivity index (χ1n) is 12.9. The van der Waals surface area contributed by atoms with E-state index in [4.69, 9.17) is 12.2 Å². The summed E-state index contributed by atoms with van der Waals surface area (Å²) in [4.78, 5) is 46.2. The van der Waals surface area contributed by atoms with Crippen LogP contribution in [0.15, 0.2) is 72.3 Å². The zero-order valence-electron chi connectivity index (χ0n) is 22.5. The second kappa shape index (κ2) is 11.0. The maximum absolute atomic E-state index is 14.0. The van der Waals surface area contributed by atoms with Crippen molar-refractivity contribution in [2.24, 2.45) is 0 Å². The molecule has 0 unspecified atom stereocenters. The monoisotopic (exact) mass is 555 g/mol. The van der Waals surface area contributed by atoms with Crippen molar-refractivity contribution >= 4 is 58.0 Å². The minimum Gasteiger partial charge on any atom is -0.368 e. The molecule has 0 radical (unpaired) electrons. The van der Waals surface area contributed by atoms with Gasteiger partial charge in [-0.25, -0.2) is 0 Å². The third kappa shape index (κ3) is 5.11. The molecule has 0 bridgehead atoms. The summed E-state index contributed by atoms with van der Waals surface area (Å²) in [6.07, 6.45) is 1.47. The Bertz CT molecular complexity index is 1550. The normalized spacial score (nSPS) is 17.6. The van der Waals surface area contributed by atoms with E-state index >= 15 is 0 Å². The summed E-state index contributed by atoms with van der Waals surface area (Å²) in [6.45, 7) is 6.98. The largest absolute Gasteiger partial charge is 0.368 e. The van der Waals surface area contributed by atoms with Crippen molar-refractivity contribution in [2.75, 3.05) is 47.9 Å². The first kappa shape index (κ1) is 27.2. The molecule has 0 N–H and O–H groups in total. The summed E-state index contributed by atoms with van der Waals surface area (Å²) < 4.78 is 0. The molecule has 10 heteroatoms. The van der Waals surface area contributed by atoms with Gasteiger partial charge >= 0.3 is 0 Å². The molecule has 0 aliphatic carbocycles. The van der Waals surface area contributed by atoms with Crippen LogP contribution in [0.25, 0.3) is 6.08 Å². The number of nitro benzene ring substituents is 1. The first-order chi connectivity index (χ1) is 19.2. The molecular formula is C30H29N5O4S. The van der Waals surface area contributed by atoms with Gasteiger partial charge in [-0.1, -0.05) is 24.3 Å². The van der Waals surface area contributed by atoms with Gasteiger partial charge in [-0.05, 0) is 80.6 Å². The zero-order valence-corrected chi connectivity index (χ0v) is 23.4. The fourth-order valence-corrected chi connectivity index (χ4v) is 5.27. The highest BCUT2D eigenvalue weighted by Crippen LogP contribution is 2.33. The van der Waals surface area contributed by atoms with Gasteiger partial charge in [-0.15, -0.1) is 0 Å². The van der Waals surface area contributed by atoms with Crippen LogP contribution in [0.2, 0.25) is 0 Å². The third-order valence-corrected chi connectivity index (χ3v) is 7.74. The molecule has 0 aromatic heterocycles. The maximum Gasteiger partial charge on any atom is 0.270 e. The van der Waals surface area contributed by atoms with E-state index < -0.39 is 16.7 Å². The number of nitrogens with zero attached hydrogens (tertiary/aromatic N) is 5. The molecule has 0 atom stereocenters. The van der Waals surface area contributed by atoms with E-state index in [2.05, 4.69) is 9.80 Å². The quantitative estimate of drug-likeness (QED) is 0.148. The summed E-state index contributed by atoms with van der Waals surface area (Å²) in [5, 5.41) is 11.7. The van der Waals surface area contributed by atoms with Gasteiger partial charge in [0.15, 0.2) is 5.11 Å². The smallest absolute Gasteiger partial charge is 0.270 e. The molecule has 204 valence electrons. The minimum absolute atomic E-state index is 0.0416. The summed E-state index contributed by atoms with van der Waals surface area (Å²) >= 11 is 5.74. The molecule has 0 spiro atoms. The number of carbonyl (C=O) groups is 2. The predicted molar refractivity (Wildman–Crippen MR) is 161 cm³/mol. The number of piperazine rings is 1. The highest BCUT2D eigenvalue weighted by molar-refractivity contribution is 7.81. The topological polar surface area (TPSA) is 90.2 Å². The molecule has 2 heterocycles. The summed E-state index contributed by atoms with van der Waals surface area (Å²) in [7, 11) is 2.04. The van der Waals surface area contributed by atoms with Crippen molar-refractivity contribution in [3.05, 3.63) is 99.1 Å². The van der Waals surface area contributed by atoms with Crippen molar-refractivity contribution in [3.8, 4) is 0 Å². The highest BCUT2D eigenvalue weighted by atomic mass is 32.1. The molecule has 9 nitrogen and oxygen atoms in total. The molecule has 40 heavy (non-hydrogen) atoms. The lowest BCUT2D eigenvalue weighted by Crippen LogP contribution is -2.57. The molecule has 2 aliphatic rings. The van der Waals surface area contributed by atoms with Crippen molar-refractivity contribution in [1.82, 2.24) is 4.90 Å². The van der Waals surface area contributed by atoms with Crippen LogP contribution in [0.1, 0.15) is 16.7 Å². The van der Waals surface area contributed by atoms with E-state index in [0.29, 0.717) is 30.0 Å². The molecule has 3 aromatic carbocycles. The van der Waals surface area contributed by atoms with Gasteiger partial charge in [-0.3, -0.25) is 29.5 Å². The van der Waals surface area contributed by atoms with E-state index in [9.17, 15) is 19.7 Å². The second-order valence-corrected chi connectivity index (χ2v) is 10.4. The lowest BCUT2D eigenvalue weighted by molar-refractivity contribution is -0.384. The zero-order chi connectivity index (χ0) is 28.6. The van der Waals surface area contributed by atoms with Crippen LogP contribution >= 0.6 is 12.2 Å². The Morgan fingerprint density at radius 2 is 1.48 bits per heavy atom. The molecule has 5 rings (SSSR count). The number of benzene rings is 3. The molecule has 2 aliphatic heterocycles. The Kier molecular flexibility index (Phi) is 7.46.